The Labute approximate surface area is 138 Å². The second-order valence-electron chi connectivity index (χ2n) is 6.10. The van der Waals surface area contributed by atoms with Crippen LogP contribution in [0.25, 0.3) is 0 Å². The fourth-order valence-electron chi connectivity index (χ4n) is 2.44. The van der Waals surface area contributed by atoms with Crippen LogP contribution in [0.2, 0.25) is 0 Å². The standard InChI is InChI=1S/C18H27NO4/c1-13-7-4-5-9-17(13)23-11-14(2)19-18(20)15(3)22-12-16-8-6-10-21-16/h4-5,7,9,14-16H,6,8,10-12H2,1-3H3,(H,19,20)/t14-,15+,16+/m0/s1. The first-order valence-corrected chi connectivity index (χ1v) is 8.28. The van der Waals surface area contributed by atoms with Gasteiger partial charge in [-0.15, -0.1) is 0 Å². The van der Waals surface area contributed by atoms with Crippen LogP contribution in [0.15, 0.2) is 24.3 Å². The van der Waals surface area contributed by atoms with Crippen LogP contribution in [0.5, 0.6) is 5.75 Å². The van der Waals surface area contributed by atoms with Crippen molar-refractivity contribution in [2.75, 3.05) is 19.8 Å². The van der Waals surface area contributed by atoms with Gasteiger partial charge in [-0.1, -0.05) is 18.2 Å². The average molecular weight is 321 g/mol. The van der Waals surface area contributed by atoms with Crippen LogP contribution in [0.4, 0.5) is 0 Å². The van der Waals surface area contributed by atoms with Crippen molar-refractivity contribution in [3.05, 3.63) is 29.8 Å². The number of hydrogen-bond acceptors (Lipinski definition) is 4. The highest BCUT2D eigenvalue weighted by atomic mass is 16.5. The summed E-state index contributed by atoms with van der Waals surface area (Å²) in [6, 6.07) is 7.75. The smallest absolute Gasteiger partial charge is 0.249 e. The van der Waals surface area contributed by atoms with Gasteiger partial charge in [0.2, 0.25) is 5.91 Å². The summed E-state index contributed by atoms with van der Waals surface area (Å²) in [6.07, 6.45) is 1.73. The Morgan fingerprint density at radius 2 is 2.17 bits per heavy atom. The SMILES string of the molecule is Cc1ccccc1OC[C@H](C)NC(=O)[C@@H](C)OC[C@H]1CCCO1. The minimum atomic E-state index is -0.486. The molecule has 0 spiro atoms. The number of hydrogen-bond donors (Lipinski definition) is 1. The molecule has 1 aromatic rings. The molecule has 0 aliphatic carbocycles. The molecule has 1 fully saturated rings. The van der Waals surface area contributed by atoms with Gasteiger partial charge in [0, 0.05) is 6.61 Å². The van der Waals surface area contributed by atoms with Crippen molar-refractivity contribution in [2.45, 2.75) is 51.9 Å². The minimum Gasteiger partial charge on any atom is -0.491 e. The average Bonchev–Trinajstić information content (AvgIpc) is 3.05. The van der Waals surface area contributed by atoms with Crippen molar-refractivity contribution in [1.29, 1.82) is 0 Å². The minimum absolute atomic E-state index is 0.0871. The summed E-state index contributed by atoms with van der Waals surface area (Å²) < 4.78 is 16.8. The van der Waals surface area contributed by atoms with E-state index in [1.807, 2.05) is 38.1 Å². The van der Waals surface area contributed by atoms with Crippen LogP contribution in [-0.2, 0) is 14.3 Å². The number of carbonyl (C=O) groups is 1. The maximum absolute atomic E-state index is 12.1. The van der Waals surface area contributed by atoms with Crippen molar-refractivity contribution >= 4 is 5.91 Å². The molecule has 1 saturated heterocycles. The zero-order chi connectivity index (χ0) is 16.7. The summed E-state index contributed by atoms with van der Waals surface area (Å²) in [7, 11) is 0. The summed E-state index contributed by atoms with van der Waals surface area (Å²) >= 11 is 0. The van der Waals surface area contributed by atoms with E-state index in [-0.39, 0.29) is 18.1 Å². The van der Waals surface area contributed by atoms with Gasteiger partial charge in [-0.2, -0.15) is 0 Å². The van der Waals surface area contributed by atoms with E-state index in [9.17, 15) is 4.79 Å². The quantitative estimate of drug-likeness (QED) is 0.799. The highest BCUT2D eigenvalue weighted by Crippen LogP contribution is 2.16. The summed E-state index contributed by atoms with van der Waals surface area (Å²) in [4.78, 5) is 12.1. The Morgan fingerprint density at radius 3 is 2.87 bits per heavy atom. The lowest BCUT2D eigenvalue weighted by Crippen LogP contribution is -2.43. The molecule has 1 amide bonds. The molecular formula is C18H27NO4. The van der Waals surface area contributed by atoms with Crippen molar-refractivity contribution in [2.24, 2.45) is 0 Å². The van der Waals surface area contributed by atoms with Gasteiger partial charge in [0.25, 0.3) is 0 Å². The molecule has 0 saturated carbocycles. The number of benzene rings is 1. The van der Waals surface area contributed by atoms with Gasteiger partial charge in [-0.25, -0.2) is 0 Å². The molecule has 0 bridgehead atoms. The molecule has 1 aromatic carbocycles. The van der Waals surface area contributed by atoms with E-state index in [2.05, 4.69) is 5.32 Å². The fourth-order valence-corrected chi connectivity index (χ4v) is 2.44. The molecule has 1 N–H and O–H groups in total. The number of para-hydroxylation sites is 1. The normalized spacial score (nSPS) is 20.0. The molecule has 5 nitrogen and oxygen atoms in total. The highest BCUT2D eigenvalue weighted by molar-refractivity contribution is 5.80. The summed E-state index contributed by atoms with van der Waals surface area (Å²) in [6.45, 7) is 7.38. The Hall–Kier alpha value is -1.59. The fraction of sp³-hybridized carbons (Fsp3) is 0.611. The molecule has 1 aliphatic rings. The van der Waals surface area contributed by atoms with E-state index in [1.54, 1.807) is 6.92 Å². The molecule has 1 aliphatic heterocycles. The second kappa shape index (κ2) is 8.89. The number of nitrogens with one attached hydrogen (secondary N) is 1. The first-order chi connectivity index (χ1) is 11.1. The van der Waals surface area contributed by atoms with Crippen LogP contribution in [-0.4, -0.2) is 44.0 Å². The summed E-state index contributed by atoms with van der Waals surface area (Å²) in [5.74, 6) is 0.722. The highest BCUT2D eigenvalue weighted by Gasteiger charge is 2.20. The second-order valence-corrected chi connectivity index (χ2v) is 6.10. The number of aryl methyl sites for hydroxylation is 1. The topological polar surface area (TPSA) is 56.8 Å². The third-order valence-corrected chi connectivity index (χ3v) is 3.90. The Morgan fingerprint density at radius 1 is 1.39 bits per heavy atom. The molecule has 0 aromatic heterocycles. The maximum Gasteiger partial charge on any atom is 0.249 e. The molecule has 2 rings (SSSR count). The van der Waals surface area contributed by atoms with Gasteiger partial charge < -0.3 is 19.5 Å². The monoisotopic (exact) mass is 321 g/mol. The van der Waals surface area contributed by atoms with Crippen molar-refractivity contribution in [1.82, 2.24) is 5.32 Å². The van der Waals surface area contributed by atoms with Crippen LogP contribution >= 0.6 is 0 Å². The molecular weight excluding hydrogens is 294 g/mol. The third kappa shape index (κ3) is 5.84. The zero-order valence-corrected chi connectivity index (χ0v) is 14.2. The van der Waals surface area contributed by atoms with E-state index in [0.717, 1.165) is 30.8 Å². The molecule has 128 valence electrons. The molecule has 0 unspecified atom stereocenters. The predicted molar refractivity (Wildman–Crippen MR) is 88.7 cm³/mol. The van der Waals surface area contributed by atoms with Gasteiger partial charge >= 0.3 is 0 Å². The lowest BCUT2D eigenvalue weighted by Gasteiger charge is -2.20. The number of rotatable bonds is 8. The molecule has 1 heterocycles. The van der Waals surface area contributed by atoms with Crippen molar-refractivity contribution in [3.63, 3.8) is 0 Å². The first-order valence-electron chi connectivity index (χ1n) is 8.28. The Bertz CT molecular complexity index is 500. The third-order valence-electron chi connectivity index (χ3n) is 3.90. The van der Waals surface area contributed by atoms with Gasteiger partial charge in [-0.3, -0.25) is 4.79 Å². The largest absolute Gasteiger partial charge is 0.491 e. The van der Waals surface area contributed by atoms with E-state index in [0.29, 0.717) is 13.2 Å². The Kier molecular flexibility index (Phi) is 6.86. The molecule has 23 heavy (non-hydrogen) atoms. The van der Waals surface area contributed by atoms with Gasteiger partial charge in [0.1, 0.15) is 18.5 Å². The summed E-state index contributed by atoms with van der Waals surface area (Å²) in [5.41, 5.74) is 1.08. The molecule has 3 atom stereocenters. The lowest BCUT2D eigenvalue weighted by atomic mass is 10.2. The number of amides is 1. The van der Waals surface area contributed by atoms with E-state index in [1.165, 1.54) is 0 Å². The predicted octanol–water partition coefficient (Wildman–Crippen LogP) is 2.46. The lowest BCUT2D eigenvalue weighted by molar-refractivity contribution is -0.134. The first kappa shape index (κ1) is 17.8. The van der Waals surface area contributed by atoms with Crippen LogP contribution in [0.3, 0.4) is 0 Å². The Balaban J connectivity index is 1.68. The molecule has 5 heteroatoms. The van der Waals surface area contributed by atoms with E-state index >= 15 is 0 Å². The number of ether oxygens (including phenoxy) is 3. The van der Waals surface area contributed by atoms with Gasteiger partial charge in [0.05, 0.1) is 18.8 Å². The van der Waals surface area contributed by atoms with Crippen molar-refractivity contribution in [3.8, 4) is 5.75 Å². The van der Waals surface area contributed by atoms with Crippen LogP contribution in [0.1, 0.15) is 32.3 Å². The zero-order valence-electron chi connectivity index (χ0n) is 14.2. The van der Waals surface area contributed by atoms with Crippen LogP contribution in [0, 0.1) is 6.92 Å². The van der Waals surface area contributed by atoms with E-state index in [4.69, 9.17) is 14.2 Å². The van der Waals surface area contributed by atoms with Crippen LogP contribution < -0.4 is 10.1 Å². The maximum atomic E-state index is 12.1. The van der Waals surface area contributed by atoms with E-state index < -0.39 is 6.10 Å². The summed E-state index contributed by atoms with van der Waals surface area (Å²) in [5, 5.41) is 2.91. The van der Waals surface area contributed by atoms with Crippen molar-refractivity contribution < 1.29 is 19.0 Å². The number of carbonyl (C=O) groups excluding carboxylic acids is 1. The molecule has 0 radical (unpaired) electrons. The van der Waals surface area contributed by atoms with Gasteiger partial charge in [0.15, 0.2) is 0 Å². The van der Waals surface area contributed by atoms with Gasteiger partial charge in [-0.05, 0) is 45.2 Å².